The lowest BCUT2D eigenvalue weighted by molar-refractivity contribution is -0.385. The van der Waals surface area contributed by atoms with Gasteiger partial charge in [-0.15, -0.1) is 0 Å². The first-order valence-electron chi connectivity index (χ1n) is 6.35. The van der Waals surface area contributed by atoms with Gasteiger partial charge in [0.25, 0.3) is 17.5 Å². The molecular formula is C15H13N3O4. The normalized spacial score (nSPS) is 10.0. The maximum absolute atomic E-state index is 12.2. The zero-order valence-corrected chi connectivity index (χ0v) is 11.7. The Bertz CT molecular complexity index is 771. The second-order valence-electron chi connectivity index (χ2n) is 4.62. The monoisotopic (exact) mass is 299 g/mol. The third kappa shape index (κ3) is 3.09. The number of nitro groups is 1. The maximum atomic E-state index is 12.2. The number of carbonyl (C=O) groups excluding carboxylic acids is 2. The number of benzene rings is 2. The van der Waals surface area contributed by atoms with Crippen LogP contribution in [0.1, 0.15) is 26.3 Å². The molecule has 2 rings (SSSR count). The molecule has 0 radical (unpaired) electrons. The van der Waals surface area contributed by atoms with E-state index in [1.807, 2.05) is 0 Å². The molecule has 0 bridgehead atoms. The number of nitro benzene ring substituents is 1. The van der Waals surface area contributed by atoms with Crippen LogP contribution in [0.25, 0.3) is 0 Å². The topological polar surface area (TPSA) is 115 Å². The van der Waals surface area contributed by atoms with Crippen LogP contribution < -0.4 is 11.1 Å². The molecule has 7 nitrogen and oxygen atoms in total. The van der Waals surface area contributed by atoms with Crippen LogP contribution >= 0.6 is 0 Å². The molecule has 0 saturated heterocycles. The summed E-state index contributed by atoms with van der Waals surface area (Å²) in [7, 11) is 0. The Kier molecular flexibility index (Phi) is 4.17. The highest BCUT2D eigenvalue weighted by Crippen LogP contribution is 2.20. The molecule has 0 spiro atoms. The Labute approximate surface area is 125 Å². The Morgan fingerprint density at radius 3 is 2.45 bits per heavy atom. The lowest BCUT2D eigenvalue weighted by Crippen LogP contribution is -2.18. The number of hydrogen-bond acceptors (Lipinski definition) is 4. The molecule has 3 N–H and O–H groups in total. The molecule has 2 aromatic carbocycles. The Balaban J connectivity index is 2.29. The lowest BCUT2D eigenvalue weighted by atomic mass is 10.1. The highest BCUT2D eigenvalue weighted by molar-refractivity contribution is 6.08. The number of para-hydroxylation sites is 1. The molecule has 0 heterocycles. The van der Waals surface area contributed by atoms with Crippen LogP contribution in [0.2, 0.25) is 0 Å². The van der Waals surface area contributed by atoms with Crippen molar-refractivity contribution < 1.29 is 14.5 Å². The van der Waals surface area contributed by atoms with Crippen molar-refractivity contribution in [2.75, 3.05) is 5.32 Å². The summed E-state index contributed by atoms with van der Waals surface area (Å²) >= 11 is 0. The molecule has 0 aliphatic carbocycles. The minimum atomic E-state index is -0.657. The predicted octanol–water partition coefficient (Wildman–Crippen LogP) is 2.25. The summed E-state index contributed by atoms with van der Waals surface area (Å²) in [5.74, 6) is -1.14. The van der Waals surface area contributed by atoms with Crippen molar-refractivity contribution in [3.05, 3.63) is 69.3 Å². The van der Waals surface area contributed by atoms with E-state index in [0.717, 1.165) is 0 Å². The third-order valence-corrected chi connectivity index (χ3v) is 3.10. The average molecular weight is 299 g/mol. The molecule has 2 aromatic rings. The summed E-state index contributed by atoms with van der Waals surface area (Å²) in [4.78, 5) is 33.8. The maximum Gasteiger partial charge on any atom is 0.272 e. The van der Waals surface area contributed by atoms with E-state index >= 15 is 0 Å². The lowest BCUT2D eigenvalue weighted by Gasteiger charge is -2.09. The number of nitrogens with one attached hydrogen (secondary N) is 1. The van der Waals surface area contributed by atoms with Crippen molar-refractivity contribution in [3.8, 4) is 0 Å². The third-order valence-electron chi connectivity index (χ3n) is 3.10. The van der Waals surface area contributed by atoms with E-state index in [2.05, 4.69) is 5.32 Å². The van der Waals surface area contributed by atoms with E-state index in [1.165, 1.54) is 24.3 Å². The summed E-state index contributed by atoms with van der Waals surface area (Å²) in [5, 5.41) is 13.3. The second-order valence-corrected chi connectivity index (χ2v) is 4.62. The minimum absolute atomic E-state index is 0.0610. The van der Waals surface area contributed by atoms with E-state index in [1.54, 1.807) is 25.1 Å². The van der Waals surface area contributed by atoms with Gasteiger partial charge in [0, 0.05) is 17.2 Å². The van der Waals surface area contributed by atoms with Gasteiger partial charge in [-0.25, -0.2) is 0 Å². The zero-order chi connectivity index (χ0) is 16.3. The number of aryl methyl sites for hydroxylation is 1. The molecule has 0 aromatic heterocycles. The quantitative estimate of drug-likeness (QED) is 0.665. The second kappa shape index (κ2) is 6.04. The van der Waals surface area contributed by atoms with Crippen LogP contribution in [-0.2, 0) is 0 Å². The Hall–Kier alpha value is -3.22. The van der Waals surface area contributed by atoms with Crippen molar-refractivity contribution in [1.82, 2.24) is 0 Å². The largest absolute Gasteiger partial charge is 0.366 e. The van der Waals surface area contributed by atoms with Crippen LogP contribution in [0.3, 0.4) is 0 Å². The van der Waals surface area contributed by atoms with Crippen LogP contribution in [0.5, 0.6) is 0 Å². The number of nitrogens with zero attached hydrogens (tertiary/aromatic N) is 1. The number of carbonyl (C=O) groups is 2. The molecule has 22 heavy (non-hydrogen) atoms. The first kappa shape index (κ1) is 15.2. The number of primary amides is 1. The molecule has 0 saturated carbocycles. The fourth-order valence-corrected chi connectivity index (χ4v) is 2.00. The molecule has 0 aliphatic rings. The summed E-state index contributed by atoms with van der Waals surface area (Å²) in [5.41, 5.74) is 6.29. The van der Waals surface area contributed by atoms with Crippen molar-refractivity contribution in [1.29, 1.82) is 0 Å². The molecular weight excluding hydrogens is 286 g/mol. The predicted molar refractivity (Wildman–Crippen MR) is 80.7 cm³/mol. The van der Waals surface area contributed by atoms with Crippen molar-refractivity contribution in [2.24, 2.45) is 5.73 Å². The van der Waals surface area contributed by atoms with Gasteiger partial charge < -0.3 is 11.1 Å². The van der Waals surface area contributed by atoms with Gasteiger partial charge >= 0.3 is 0 Å². The van der Waals surface area contributed by atoms with Crippen LogP contribution in [0, 0.1) is 17.0 Å². The highest BCUT2D eigenvalue weighted by Gasteiger charge is 2.15. The molecule has 0 atom stereocenters. The van der Waals surface area contributed by atoms with Crippen molar-refractivity contribution in [2.45, 2.75) is 6.92 Å². The van der Waals surface area contributed by atoms with E-state index in [9.17, 15) is 19.7 Å². The Morgan fingerprint density at radius 1 is 1.18 bits per heavy atom. The van der Waals surface area contributed by atoms with Crippen LogP contribution in [-0.4, -0.2) is 16.7 Å². The van der Waals surface area contributed by atoms with E-state index in [-0.39, 0.29) is 22.5 Å². The number of rotatable bonds is 4. The average Bonchev–Trinajstić information content (AvgIpc) is 2.47. The summed E-state index contributed by atoms with van der Waals surface area (Å²) in [6.07, 6.45) is 0. The fraction of sp³-hybridized carbons (Fsp3) is 0.0667. The summed E-state index contributed by atoms with van der Waals surface area (Å²) in [6, 6.07) is 10.4. The molecule has 0 aliphatic heterocycles. The van der Waals surface area contributed by atoms with Gasteiger partial charge in [0.05, 0.1) is 16.2 Å². The SMILES string of the molecule is Cc1cc(C(=O)Nc2ccccc2C(N)=O)ccc1[N+](=O)[O-]. The van der Waals surface area contributed by atoms with Crippen LogP contribution in [0.15, 0.2) is 42.5 Å². The van der Waals surface area contributed by atoms with Crippen LogP contribution in [0.4, 0.5) is 11.4 Å². The molecule has 112 valence electrons. The van der Waals surface area contributed by atoms with Gasteiger partial charge in [-0.05, 0) is 31.2 Å². The van der Waals surface area contributed by atoms with Gasteiger partial charge in [-0.3, -0.25) is 19.7 Å². The molecule has 0 fully saturated rings. The first-order chi connectivity index (χ1) is 10.4. The minimum Gasteiger partial charge on any atom is -0.366 e. The highest BCUT2D eigenvalue weighted by atomic mass is 16.6. The summed E-state index contributed by atoms with van der Waals surface area (Å²) in [6.45, 7) is 1.55. The standard InChI is InChI=1S/C15H13N3O4/c1-9-8-10(6-7-13(9)18(21)22)15(20)17-12-5-3-2-4-11(12)14(16)19/h2-8H,1H3,(H2,16,19)(H,17,20). The van der Waals surface area contributed by atoms with Crippen molar-refractivity contribution >= 4 is 23.2 Å². The Morgan fingerprint density at radius 2 is 1.86 bits per heavy atom. The van der Waals surface area contributed by atoms with Gasteiger partial charge in [0.1, 0.15) is 0 Å². The van der Waals surface area contributed by atoms with Gasteiger partial charge in [-0.1, -0.05) is 12.1 Å². The van der Waals surface area contributed by atoms with Gasteiger partial charge in [0.2, 0.25) is 0 Å². The zero-order valence-electron chi connectivity index (χ0n) is 11.7. The van der Waals surface area contributed by atoms with Crippen molar-refractivity contribution in [3.63, 3.8) is 0 Å². The first-order valence-corrected chi connectivity index (χ1v) is 6.35. The van der Waals surface area contributed by atoms with E-state index in [4.69, 9.17) is 5.73 Å². The smallest absolute Gasteiger partial charge is 0.272 e. The number of hydrogen-bond donors (Lipinski definition) is 2. The molecule has 2 amide bonds. The summed E-state index contributed by atoms with van der Waals surface area (Å²) < 4.78 is 0. The van der Waals surface area contributed by atoms with Gasteiger partial charge in [0.15, 0.2) is 0 Å². The van der Waals surface area contributed by atoms with E-state index < -0.39 is 16.7 Å². The van der Waals surface area contributed by atoms with Gasteiger partial charge in [-0.2, -0.15) is 0 Å². The van der Waals surface area contributed by atoms with E-state index in [0.29, 0.717) is 5.56 Å². The number of anilines is 1. The number of nitrogens with two attached hydrogens (primary N) is 1. The molecule has 7 heteroatoms. The fourth-order valence-electron chi connectivity index (χ4n) is 2.00. The number of amides is 2. The molecule has 0 unspecified atom stereocenters.